The summed E-state index contributed by atoms with van der Waals surface area (Å²) in [5, 5.41) is 0. The summed E-state index contributed by atoms with van der Waals surface area (Å²) >= 11 is 3.35. The van der Waals surface area contributed by atoms with Crippen LogP contribution in [0.2, 0.25) is 0 Å². The van der Waals surface area contributed by atoms with E-state index in [4.69, 9.17) is 4.74 Å². The lowest BCUT2D eigenvalue weighted by molar-refractivity contribution is 0.340. The lowest BCUT2D eigenvalue weighted by Crippen LogP contribution is -2.13. The van der Waals surface area contributed by atoms with E-state index in [1.165, 1.54) is 12.1 Å². The number of benzene rings is 2. The molecule has 4 nitrogen and oxygen atoms in total. The van der Waals surface area contributed by atoms with Gasteiger partial charge < -0.3 is 4.74 Å². The predicted octanol–water partition coefficient (Wildman–Crippen LogP) is 3.96. The smallest absolute Gasteiger partial charge is 0.261 e. The molecule has 0 fully saturated rings. The molecule has 0 radical (unpaired) electrons. The molecule has 0 amide bonds. The van der Waals surface area contributed by atoms with Gasteiger partial charge in [0.2, 0.25) is 0 Å². The number of hydrogen-bond acceptors (Lipinski definition) is 3. The first-order valence-corrected chi connectivity index (χ1v) is 8.71. The number of hydrogen-bond donors (Lipinski definition) is 1. The number of sulfonamides is 1. The van der Waals surface area contributed by atoms with Gasteiger partial charge in [-0.05, 0) is 61.9 Å². The quantitative estimate of drug-likeness (QED) is 0.867. The van der Waals surface area contributed by atoms with E-state index in [0.717, 1.165) is 10.0 Å². The molecule has 0 aliphatic rings. The van der Waals surface area contributed by atoms with E-state index in [1.54, 1.807) is 24.3 Å². The summed E-state index contributed by atoms with van der Waals surface area (Å²) < 4.78 is 33.3. The van der Waals surface area contributed by atoms with E-state index in [1.807, 2.05) is 19.9 Å². The summed E-state index contributed by atoms with van der Waals surface area (Å²) in [4.78, 5) is 0.198. The Kier molecular flexibility index (Phi) is 4.90. The van der Waals surface area contributed by atoms with Gasteiger partial charge in [-0.25, -0.2) is 8.42 Å². The monoisotopic (exact) mass is 369 g/mol. The van der Waals surface area contributed by atoms with Crippen LogP contribution in [0.4, 0.5) is 5.69 Å². The number of nitrogens with one attached hydrogen (secondary N) is 1. The number of aryl methyl sites for hydroxylation is 1. The number of anilines is 1. The summed E-state index contributed by atoms with van der Waals surface area (Å²) in [5.74, 6) is 0.648. The Bertz CT molecular complexity index is 707. The molecule has 21 heavy (non-hydrogen) atoms. The molecule has 1 N–H and O–H groups in total. The van der Waals surface area contributed by atoms with E-state index in [0.29, 0.717) is 18.0 Å². The molecule has 0 atom stereocenters. The van der Waals surface area contributed by atoms with Crippen molar-refractivity contribution in [3.05, 3.63) is 52.5 Å². The average molecular weight is 370 g/mol. The molecule has 0 aliphatic carbocycles. The number of halogens is 1. The Morgan fingerprint density at radius 2 is 1.81 bits per heavy atom. The first-order chi connectivity index (χ1) is 9.90. The molecule has 0 saturated heterocycles. The van der Waals surface area contributed by atoms with Gasteiger partial charge in [0.15, 0.2) is 0 Å². The van der Waals surface area contributed by atoms with Crippen molar-refractivity contribution >= 4 is 31.6 Å². The summed E-state index contributed by atoms with van der Waals surface area (Å²) in [6.07, 6.45) is 0. The Labute approximate surface area is 133 Å². The minimum Gasteiger partial charge on any atom is -0.494 e. The van der Waals surface area contributed by atoms with E-state index in [-0.39, 0.29) is 4.90 Å². The van der Waals surface area contributed by atoms with Crippen molar-refractivity contribution in [2.75, 3.05) is 11.3 Å². The second kappa shape index (κ2) is 6.49. The van der Waals surface area contributed by atoms with Crippen LogP contribution >= 0.6 is 15.9 Å². The molecule has 0 unspecified atom stereocenters. The molecule has 0 heterocycles. The van der Waals surface area contributed by atoms with Crippen LogP contribution in [0, 0.1) is 6.92 Å². The molecule has 0 aromatic heterocycles. The van der Waals surface area contributed by atoms with Crippen LogP contribution in [0.25, 0.3) is 0 Å². The summed E-state index contributed by atoms with van der Waals surface area (Å²) in [7, 11) is -3.60. The highest BCUT2D eigenvalue weighted by Gasteiger charge is 2.14. The summed E-state index contributed by atoms with van der Waals surface area (Å²) in [6.45, 7) is 4.32. The summed E-state index contributed by atoms with van der Waals surface area (Å²) in [5.41, 5.74) is 1.49. The van der Waals surface area contributed by atoms with E-state index < -0.39 is 10.0 Å². The van der Waals surface area contributed by atoms with Gasteiger partial charge in [0.25, 0.3) is 10.0 Å². The molecular weight excluding hydrogens is 354 g/mol. The zero-order valence-electron chi connectivity index (χ0n) is 11.8. The molecule has 0 bridgehead atoms. The highest BCUT2D eigenvalue weighted by Crippen LogP contribution is 2.23. The van der Waals surface area contributed by atoms with Crippen molar-refractivity contribution in [1.29, 1.82) is 0 Å². The third-order valence-corrected chi connectivity index (χ3v) is 4.59. The zero-order chi connectivity index (χ0) is 15.5. The SMILES string of the molecule is CCOc1ccc(S(=O)(=O)Nc2cc(C)cc(Br)c2)cc1. The van der Waals surface area contributed by atoms with Crippen molar-refractivity contribution < 1.29 is 13.2 Å². The molecule has 112 valence electrons. The van der Waals surface area contributed by atoms with E-state index >= 15 is 0 Å². The van der Waals surface area contributed by atoms with Gasteiger partial charge in [-0.15, -0.1) is 0 Å². The molecule has 0 aliphatic heterocycles. The molecule has 2 aromatic rings. The van der Waals surface area contributed by atoms with Crippen molar-refractivity contribution in [2.24, 2.45) is 0 Å². The van der Waals surface area contributed by atoms with Crippen LogP contribution in [-0.2, 0) is 10.0 Å². The maximum absolute atomic E-state index is 12.3. The molecule has 6 heteroatoms. The maximum Gasteiger partial charge on any atom is 0.261 e. The largest absolute Gasteiger partial charge is 0.494 e. The van der Waals surface area contributed by atoms with Crippen molar-refractivity contribution in [1.82, 2.24) is 0 Å². The van der Waals surface area contributed by atoms with Gasteiger partial charge in [-0.3, -0.25) is 4.72 Å². The van der Waals surface area contributed by atoms with Crippen molar-refractivity contribution in [3.63, 3.8) is 0 Å². The highest BCUT2D eigenvalue weighted by atomic mass is 79.9. The van der Waals surface area contributed by atoms with Gasteiger partial charge in [0.1, 0.15) is 5.75 Å². The minimum absolute atomic E-state index is 0.198. The minimum atomic E-state index is -3.60. The van der Waals surface area contributed by atoms with Gasteiger partial charge in [-0.2, -0.15) is 0 Å². The molecule has 0 saturated carbocycles. The predicted molar refractivity (Wildman–Crippen MR) is 87.3 cm³/mol. The lowest BCUT2D eigenvalue weighted by atomic mass is 10.2. The van der Waals surface area contributed by atoms with Crippen LogP contribution in [0.3, 0.4) is 0 Å². The Hall–Kier alpha value is -1.53. The van der Waals surface area contributed by atoms with Gasteiger partial charge in [0.05, 0.1) is 17.2 Å². The van der Waals surface area contributed by atoms with E-state index in [9.17, 15) is 8.42 Å². The zero-order valence-corrected chi connectivity index (χ0v) is 14.2. The standard InChI is InChI=1S/C15H16BrNO3S/c1-3-20-14-4-6-15(7-5-14)21(18,19)17-13-9-11(2)8-12(16)10-13/h4-10,17H,3H2,1-2H3. The fourth-order valence-electron chi connectivity index (χ4n) is 1.89. The van der Waals surface area contributed by atoms with Crippen molar-refractivity contribution in [3.8, 4) is 5.75 Å². The molecule has 0 spiro atoms. The van der Waals surface area contributed by atoms with Gasteiger partial charge in [-0.1, -0.05) is 15.9 Å². The number of ether oxygens (including phenoxy) is 1. The second-order valence-corrected chi connectivity index (χ2v) is 7.13. The summed E-state index contributed by atoms with van der Waals surface area (Å²) in [6, 6.07) is 11.7. The fourth-order valence-corrected chi connectivity index (χ4v) is 3.54. The van der Waals surface area contributed by atoms with Crippen LogP contribution < -0.4 is 9.46 Å². The maximum atomic E-state index is 12.3. The van der Waals surface area contributed by atoms with Crippen molar-refractivity contribution in [2.45, 2.75) is 18.7 Å². The van der Waals surface area contributed by atoms with Crippen LogP contribution in [0.15, 0.2) is 51.8 Å². The van der Waals surface area contributed by atoms with Gasteiger partial charge in [0, 0.05) is 4.47 Å². The fraction of sp³-hybridized carbons (Fsp3) is 0.200. The normalized spacial score (nSPS) is 11.2. The topological polar surface area (TPSA) is 55.4 Å². The lowest BCUT2D eigenvalue weighted by Gasteiger charge is -2.10. The molecular formula is C15H16BrNO3S. The molecule has 2 aromatic carbocycles. The Morgan fingerprint density at radius 1 is 1.14 bits per heavy atom. The number of rotatable bonds is 5. The second-order valence-electron chi connectivity index (χ2n) is 4.53. The van der Waals surface area contributed by atoms with Crippen LogP contribution in [-0.4, -0.2) is 15.0 Å². The Morgan fingerprint density at radius 3 is 2.38 bits per heavy atom. The van der Waals surface area contributed by atoms with Gasteiger partial charge >= 0.3 is 0 Å². The first kappa shape index (κ1) is 15.9. The van der Waals surface area contributed by atoms with E-state index in [2.05, 4.69) is 20.7 Å². The Balaban J connectivity index is 2.25. The van der Waals surface area contributed by atoms with Crippen LogP contribution in [0.1, 0.15) is 12.5 Å². The average Bonchev–Trinajstić information content (AvgIpc) is 2.38. The first-order valence-electron chi connectivity index (χ1n) is 6.43. The highest BCUT2D eigenvalue weighted by molar-refractivity contribution is 9.10. The molecule has 2 rings (SSSR count). The third-order valence-electron chi connectivity index (χ3n) is 2.74. The van der Waals surface area contributed by atoms with Crippen LogP contribution in [0.5, 0.6) is 5.75 Å². The third kappa shape index (κ3) is 4.22.